The van der Waals surface area contributed by atoms with Crippen molar-refractivity contribution in [3.8, 4) is 0 Å². The molecule has 0 amide bonds. The van der Waals surface area contributed by atoms with Gasteiger partial charge < -0.3 is 16.0 Å². The highest BCUT2D eigenvalue weighted by molar-refractivity contribution is 5.97. The number of nitrogens with two attached hydrogens (primary N) is 1. The first kappa shape index (κ1) is 14.6. The SMILES string of the molecule is NC(=NO)c1ccc(C=CC(=O)O)c(C(F)(F)F)c1. The number of hydrogen-bond acceptors (Lipinski definition) is 3. The summed E-state index contributed by atoms with van der Waals surface area (Å²) in [6.45, 7) is 0. The van der Waals surface area contributed by atoms with Crippen LogP contribution in [-0.4, -0.2) is 22.1 Å². The van der Waals surface area contributed by atoms with E-state index in [1.807, 2.05) is 0 Å². The maximum atomic E-state index is 12.8. The molecular weight excluding hydrogens is 265 g/mol. The molecule has 1 aromatic carbocycles. The van der Waals surface area contributed by atoms with Crippen LogP contribution < -0.4 is 5.73 Å². The number of nitrogens with zero attached hydrogens (tertiary/aromatic N) is 1. The van der Waals surface area contributed by atoms with Crippen molar-refractivity contribution >= 4 is 17.9 Å². The van der Waals surface area contributed by atoms with Crippen LogP contribution in [0.2, 0.25) is 0 Å². The van der Waals surface area contributed by atoms with E-state index in [-0.39, 0.29) is 11.1 Å². The average Bonchev–Trinajstić information content (AvgIpc) is 2.34. The molecule has 102 valence electrons. The molecule has 0 atom stereocenters. The molecule has 0 aliphatic rings. The van der Waals surface area contributed by atoms with E-state index in [9.17, 15) is 18.0 Å². The quantitative estimate of drug-likeness (QED) is 0.258. The van der Waals surface area contributed by atoms with E-state index in [1.165, 1.54) is 6.07 Å². The summed E-state index contributed by atoms with van der Waals surface area (Å²) < 4.78 is 38.4. The van der Waals surface area contributed by atoms with Crippen LogP contribution in [0, 0.1) is 0 Å². The Balaban J connectivity index is 3.37. The van der Waals surface area contributed by atoms with E-state index < -0.39 is 23.5 Å². The Morgan fingerprint density at radius 3 is 2.47 bits per heavy atom. The van der Waals surface area contributed by atoms with Crippen LogP contribution in [0.4, 0.5) is 13.2 Å². The molecule has 0 heterocycles. The minimum Gasteiger partial charge on any atom is -0.478 e. The summed E-state index contributed by atoms with van der Waals surface area (Å²) in [4.78, 5) is 10.3. The van der Waals surface area contributed by atoms with Crippen LogP contribution in [-0.2, 0) is 11.0 Å². The molecule has 0 fully saturated rings. The number of amidine groups is 1. The molecule has 4 N–H and O–H groups in total. The number of hydrogen-bond donors (Lipinski definition) is 3. The van der Waals surface area contributed by atoms with Gasteiger partial charge in [0.05, 0.1) is 5.56 Å². The van der Waals surface area contributed by atoms with Crippen molar-refractivity contribution < 1.29 is 28.3 Å². The highest BCUT2D eigenvalue weighted by Gasteiger charge is 2.33. The van der Waals surface area contributed by atoms with Crippen LogP contribution in [0.15, 0.2) is 29.4 Å². The number of benzene rings is 1. The van der Waals surface area contributed by atoms with Crippen molar-refractivity contribution in [3.05, 3.63) is 41.0 Å². The van der Waals surface area contributed by atoms with E-state index in [1.54, 1.807) is 0 Å². The lowest BCUT2D eigenvalue weighted by Crippen LogP contribution is -2.16. The zero-order valence-electron chi connectivity index (χ0n) is 9.35. The second-order valence-electron chi connectivity index (χ2n) is 3.46. The van der Waals surface area contributed by atoms with Gasteiger partial charge in [-0.25, -0.2) is 4.79 Å². The second-order valence-corrected chi connectivity index (χ2v) is 3.46. The lowest BCUT2D eigenvalue weighted by atomic mass is 10.0. The van der Waals surface area contributed by atoms with Crippen molar-refractivity contribution in [1.29, 1.82) is 0 Å². The molecule has 0 aliphatic heterocycles. The number of rotatable bonds is 3. The molecule has 0 saturated heterocycles. The molecule has 0 saturated carbocycles. The predicted molar refractivity (Wildman–Crippen MR) is 60.6 cm³/mol. The number of carboxylic acid groups (broad SMARTS) is 1. The molecule has 0 aromatic heterocycles. The average molecular weight is 274 g/mol. The number of aliphatic carboxylic acids is 1. The van der Waals surface area contributed by atoms with Gasteiger partial charge in [0.15, 0.2) is 5.84 Å². The molecule has 1 aromatic rings. The van der Waals surface area contributed by atoms with Gasteiger partial charge in [-0.15, -0.1) is 0 Å². The molecule has 0 bridgehead atoms. The minimum absolute atomic E-state index is 0.123. The van der Waals surface area contributed by atoms with Gasteiger partial charge in [-0.2, -0.15) is 13.2 Å². The Hall–Kier alpha value is -2.51. The lowest BCUT2D eigenvalue weighted by Gasteiger charge is -2.11. The summed E-state index contributed by atoms with van der Waals surface area (Å²) in [6.07, 6.45) is -3.28. The molecule has 0 aliphatic carbocycles. The van der Waals surface area contributed by atoms with Gasteiger partial charge >= 0.3 is 12.1 Å². The Labute approximate surface area is 105 Å². The van der Waals surface area contributed by atoms with Crippen LogP contribution in [0.25, 0.3) is 6.08 Å². The summed E-state index contributed by atoms with van der Waals surface area (Å²) in [5.74, 6) is -1.84. The number of carboxylic acids is 1. The fourth-order valence-corrected chi connectivity index (χ4v) is 1.33. The van der Waals surface area contributed by atoms with Crippen LogP contribution >= 0.6 is 0 Å². The van der Waals surface area contributed by atoms with Crippen molar-refractivity contribution in [3.63, 3.8) is 0 Å². The monoisotopic (exact) mass is 274 g/mol. The summed E-state index contributed by atoms with van der Waals surface area (Å²) >= 11 is 0. The first-order valence-electron chi connectivity index (χ1n) is 4.86. The van der Waals surface area contributed by atoms with Crippen molar-refractivity contribution in [2.24, 2.45) is 10.9 Å². The summed E-state index contributed by atoms with van der Waals surface area (Å²) in [5.41, 5.74) is 3.67. The maximum absolute atomic E-state index is 12.8. The van der Waals surface area contributed by atoms with E-state index in [0.717, 1.165) is 12.1 Å². The van der Waals surface area contributed by atoms with E-state index in [0.29, 0.717) is 12.1 Å². The van der Waals surface area contributed by atoms with Gasteiger partial charge in [0.2, 0.25) is 0 Å². The largest absolute Gasteiger partial charge is 0.478 e. The van der Waals surface area contributed by atoms with Gasteiger partial charge in [-0.3, -0.25) is 0 Å². The molecule has 19 heavy (non-hydrogen) atoms. The molecule has 0 spiro atoms. The molecule has 0 unspecified atom stereocenters. The van der Waals surface area contributed by atoms with Gasteiger partial charge in [-0.1, -0.05) is 17.3 Å². The molecule has 1 rings (SSSR count). The lowest BCUT2D eigenvalue weighted by molar-refractivity contribution is -0.138. The van der Waals surface area contributed by atoms with Gasteiger partial charge in [0.25, 0.3) is 0 Å². The first-order valence-corrected chi connectivity index (χ1v) is 4.86. The van der Waals surface area contributed by atoms with Crippen molar-refractivity contribution in [2.75, 3.05) is 0 Å². The Kier molecular flexibility index (Phi) is 4.15. The molecule has 5 nitrogen and oxygen atoms in total. The number of oxime groups is 1. The first-order chi connectivity index (χ1) is 8.75. The zero-order valence-corrected chi connectivity index (χ0v) is 9.35. The smallest absolute Gasteiger partial charge is 0.417 e. The van der Waals surface area contributed by atoms with E-state index in [2.05, 4.69) is 5.16 Å². The molecule has 8 heteroatoms. The summed E-state index contributed by atoms with van der Waals surface area (Å²) in [7, 11) is 0. The second kappa shape index (κ2) is 5.42. The Bertz CT molecular complexity index is 551. The van der Waals surface area contributed by atoms with E-state index >= 15 is 0 Å². The standard InChI is InChI=1S/C11H9F3N2O3/c12-11(13,14)8-5-7(10(15)16-19)2-1-6(8)3-4-9(17)18/h1-5,19H,(H2,15,16)(H,17,18). The fraction of sp³-hybridized carbons (Fsp3) is 0.0909. The summed E-state index contributed by atoms with van der Waals surface area (Å²) in [6, 6.07) is 2.90. The third kappa shape index (κ3) is 3.73. The molecule has 0 radical (unpaired) electrons. The highest BCUT2D eigenvalue weighted by Crippen LogP contribution is 2.33. The van der Waals surface area contributed by atoms with Gasteiger partial charge in [0, 0.05) is 11.6 Å². The van der Waals surface area contributed by atoms with Crippen molar-refractivity contribution in [2.45, 2.75) is 6.18 Å². The Morgan fingerprint density at radius 1 is 1.37 bits per heavy atom. The fourth-order valence-electron chi connectivity index (χ4n) is 1.33. The highest BCUT2D eigenvalue weighted by atomic mass is 19.4. The topological polar surface area (TPSA) is 95.9 Å². The third-order valence-electron chi connectivity index (χ3n) is 2.17. The number of carbonyl (C=O) groups is 1. The minimum atomic E-state index is -4.69. The zero-order chi connectivity index (χ0) is 14.6. The third-order valence-corrected chi connectivity index (χ3v) is 2.17. The number of halogens is 3. The van der Waals surface area contributed by atoms with Crippen LogP contribution in [0.5, 0.6) is 0 Å². The van der Waals surface area contributed by atoms with Crippen LogP contribution in [0.3, 0.4) is 0 Å². The molecular formula is C11H9F3N2O3. The Morgan fingerprint density at radius 2 is 2.00 bits per heavy atom. The number of alkyl halides is 3. The predicted octanol–water partition coefficient (Wildman–Crippen LogP) is 1.90. The van der Waals surface area contributed by atoms with E-state index in [4.69, 9.17) is 16.0 Å². The van der Waals surface area contributed by atoms with Crippen molar-refractivity contribution in [1.82, 2.24) is 0 Å². The van der Waals surface area contributed by atoms with Crippen LogP contribution in [0.1, 0.15) is 16.7 Å². The van der Waals surface area contributed by atoms with Gasteiger partial charge in [0.1, 0.15) is 0 Å². The van der Waals surface area contributed by atoms with Gasteiger partial charge in [-0.05, 0) is 17.7 Å². The normalized spacial score (nSPS) is 12.9. The summed E-state index contributed by atoms with van der Waals surface area (Å²) in [5, 5.41) is 19.4. The maximum Gasteiger partial charge on any atom is 0.417 e.